The maximum Gasteiger partial charge on any atom is 0.123 e. The van der Waals surface area contributed by atoms with E-state index in [0.29, 0.717) is 5.92 Å². The first kappa shape index (κ1) is 13.5. The Bertz CT molecular complexity index is 375. The van der Waals surface area contributed by atoms with Crippen molar-refractivity contribution in [2.45, 2.75) is 51.6 Å². The smallest absolute Gasteiger partial charge is 0.123 e. The fraction of sp³-hybridized carbons (Fsp3) is 0.625. The van der Waals surface area contributed by atoms with Crippen LogP contribution in [0.15, 0.2) is 24.3 Å². The van der Waals surface area contributed by atoms with Crippen LogP contribution in [-0.2, 0) is 0 Å². The summed E-state index contributed by atoms with van der Waals surface area (Å²) < 4.78 is 13.2. The first-order valence-corrected chi connectivity index (χ1v) is 7.14. The fourth-order valence-electron chi connectivity index (χ4n) is 3.25. The predicted octanol–water partition coefficient (Wildman–Crippen LogP) is 4.47. The van der Waals surface area contributed by atoms with Crippen LogP contribution in [0.3, 0.4) is 0 Å². The summed E-state index contributed by atoms with van der Waals surface area (Å²) in [6, 6.07) is 6.41. The lowest BCUT2D eigenvalue weighted by Crippen LogP contribution is -2.21. The molecule has 0 unspecified atom stereocenters. The maximum atomic E-state index is 13.2. The molecule has 1 N–H and O–H groups in total. The van der Waals surface area contributed by atoms with Crippen molar-refractivity contribution in [3.8, 4) is 0 Å². The van der Waals surface area contributed by atoms with Crippen LogP contribution in [0.5, 0.6) is 0 Å². The third kappa shape index (κ3) is 3.32. The number of rotatable bonds is 4. The molecule has 1 aromatic rings. The Morgan fingerprint density at radius 2 is 2.22 bits per heavy atom. The maximum absolute atomic E-state index is 13.2. The van der Waals surface area contributed by atoms with Gasteiger partial charge in [-0.2, -0.15) is 0 Å². The average molecular weight is 250 g/mol. The zero-order chi connectivity index (χ0) is 13.0. The molecule has 0 heterocycles. The van der Waals surface area contributed by atoms with Gasteiger partial charge < -0.3 is 5.11 Å². The van der Waals surface area contributed by atoms with Crippen molar-refractivity contribution in [2.75, 3.05) is 0 Å². The second-order valence-electron chi connectivity index (χ2n) is 5.58. The van der Waals surface area contributed by atoms with E-state index in [0.717, 1.165) is 24.3 Å². The second kappa shape index (κ2) is 6.33. The Morgan fingerprint density at radius 1 is 1.39 bits per heavy atom. The quantitative estimate of drug-likeness (QED) is 0.836. The minimum absolute atomic E-state index is 0.257. The van der Waals surface area contributed by atoms with Crippen LogP contribution < -0.4 is 0 Å². The summed E-state index contributed by atoms with van der Waals surface area (Å²) in [5.41, 5.74) is 0.733. The van der Waals surface area contributed by atoms with E-state index < -0.39 is 6.10 Å². The highest BCUT2D eigenvalue weighted by Gasteiger charge is 2.27. The van der Waals surface area contributed by atoms with Crippen molar-refractivity contribution in [3.05, 3.63) is 35.6 Å². The second-order valence-corrected chi connectivity index (χ2v) is 5.58. The van der Waals surface area contributed by atoms with Gasteiger partial charge in [-0.1, -0.05) is 44.7 Å². The Morgan fingerprint density at radius 3 is 2.94 bits per heavy atom. The number of aliphatic hydroxyl groups excluding tert-OH is 1. The molecule has 0 aromatic heterocycles. The minimum Gasteiger partial charge on any atom is -0.388 e. The van der Waals surface area contributed by atoms with Gasteiger partial charge in [-0.05, 0) is 42.4 Å². The zero-order valence-corrected chi connectivity index (χ0v) is 11.1. The molecule has 18 heavy (non-hydrogen) atoms. The third-order valence-electron chi connectivity index (χ3n) is 4.16. The van der Waals surface area contributed by atoms with Crippen molar-refractivity contribution in [3.63, 3.8) is 0 Å². The van der Waals surface area contributed by atoms with Gasteiger partial charge >= 0.3 is 0 Å². The topological polar surface area (TPSA) is 20.2 Å². The molecule has 1 aromatic carbocycles. The number of halogens is 1. The van der Waals surface area contributed by atoms with Crippen LogP contribution in [0.1, 0.15) is 57.1 Å². The zero-order valence-electron chi connectivity index (χ0n) is 11.1. The van der Waals surface area contributed by atoms with Crippen molar-refractivity contribution in [2.24, 2.45) is 11.8 Å². The van der Waals surface area contributed by atoms with Crippen molar-refractivity contribution < 1.29 is 9.50 Å². The van der Waals surface area contributed by atoms with Gasteiger partial charge in [0.05, 0.1) is 6.10 Å². The number of hydrogen-bond acceptors (Lipinski definition) is 1. The summed E-state index contributed by atoms with van der Waals surface area (Å²) in [7, 11) is 0. The summed E-state index contributed by atoms with van der Waals surface area (Å²) in [6.07, 6.45) is 6.62. The van der Waals surface area contributed by atoms with Gasteiger partial charge in [-0.15, -0.1) is 0 Å². The van der Waals surface area contributed by atoms with Crippen molar-refractivity contribution in [1.29, 1.82) is 0 Å². The first-order chi connectivity index (χ1) is 8.70. The molecule has 1 saturated carbocycles. The number of hydrogen-bond donors (Lipinski definition) is 1. The molecule has 0 radical (unpaired) electrons. The van der Waals surface area contributed by atoms with Crippen molar-refractivity contribution in [1.82, 2.24) is 0 Å². The van der Waals surface area contributed by atoms with E-state index in [2.05, 4.69) is 6.92 Å². The Balaban J connectivity index is 2.02. The van der Waals surface area contributed by atoms with Crippen LogP contribution >= 0.6 is 0 Å². The molecule has 0 bridgehead atoms. The SMILES string of the molecule is CCC[C@H]1CCC[C@H]([C@@H](O)c2cccc(F)c2)C1. The highest BCUT2D eigenvalue weighted by molar-refractivity contribution is 5.19. The molecule has 1 aliphatic carbocycles. The molecule has 1 nitrogen and oxygen atoms in total. The van der Waals surface area contributed by atoms with Gasteiger partial charge in [0.1, 0.15) is 5.82 Å². The minimum atomic E-state index is -0.500. The molecule has 1 fully saturated rings. The molecule has 100 valence electrons. The summed E-state index contributed by atoms with van der Waals surface area (Å²) in [6.45, 7) is 2.21. The van der Waals surface area contributed by atoms with Gasteiger partial charge in [-0.25, -0.2) is 4.39 Å². The molecule has 0 aliphatic heterocycles. The van der Waals surface area contributed by atoms with Gasteiger partial charge in [0, 0.05) is 0 Å². The lowest BCUT2D eigenvalue weighted by atomic mass is 9.76. The average Bonchev–Trinajstić information content (AvgIpc) is 2.39. The van der Waals surface area contributed by atoms with Crippen LogP contribution in [0.4, 0.5) is 4.39 Å². The van der Waals surface area contributed by atoms with E-state index in [-0.39, 0.29) is 5.82 Å². The fourth-order valence-corrected chi connectivity index (χ4v) is 3.25. The largest absolute Gasteiger partial charge is 0.388 e. The molecule has 1 aliphatic rings. The molecule has 2 heteroatoms. The number of benzene rings is 1. The molecule has 3 atom stereocenters. The van der Waals surface area contributed by atoms with E-state index in [1.165, 1.54) is 37.8 Å². The van der Waals surface area contributed by atoms with E-state index in [9.17, 15) is 9.50 Å². The van der Waals surface area contributed by atoms with Crippen LogP contribution in [-0.4, -0.2) is 5.11 Å². The molecule has 0 spiro atoms. The van der Waals surface area contributed by atoms with E-state index in [4.69, 9.17) is 0 Å². The van der Waals surface area contributed by atoms with E-state index >= 15 is 0 Å². The number of aliphatic hydroxyl groups is 1. The van der Waals surface area contributed by atoms with Gasteiger partial charge in [0.2, 0.25) is 0 Å². The van der Waals surface area contributed by atoms with Gasteiger partial charge in [0.25, 0.3) is 0 Å². The van der Waals surface area contributed by atoms with E-state index in [1.807, 2.05) is 6.07 Å². The Hall–Kier alpha value is -0.890. The molecule has 0 saturated heterocycles. The van der Waals surface area contributed by atoms with E-state index in [1.54, 1.807) is 6.07 Å². The standard InChI is InChI=1S/C16H23FO/c1-2-5-12-6-3-7-13(10-12)16(18)14-8-4-9-15(17)11-14/h4,8-9,11-13,16,18H,2-3,5-7,10H2,1H3/t12-,13-,16+/m0/s1. The molecule has 2 rings (SSSR count). The van der Waals surface area contributed by atoms with Crippen LogP contribution in [0.2, 0.25) is 0 Å². The predicted molar refractivity (Wildman–Crippen MR) is 71.7 cm³/mol. The first-order valence-electron chi connectivity index (χ1n) is 7.14. The monoisotopic (exact) mass is 250 g/mol. The van der Waals surface area contributed by atoms with Gasteiger partial charge in [0.15, 0.2) is 0 Å². The lowest BCUT2D eigenvalue weighted by Gasteiger charge is -2.32. The lowest BCUT2D eigenvalue weighted by molar-refractivity contribution is 0.0665. The van der Waals surface area contributed by atoms with Gasteiger partial charge in [-0.3, -0.25) is 0 Å². The molecular weight excluding hydrogens is 227 g/mol. The van der Waals surface area contributed by atoms with Crippen LogP contribution in [0.25, 0.3) is 0 Å². The highest BCUT2D eigenvalue weighted by Crippen LogP contribution is 2.38. The Kier molecular flexibility index (Phi) is 4.76. The highest BCUT2D eigenvalue weighted by atomic mass is 19.1. The Labute approximate surface area is 109 Å². The summed E-state index contributed by atoms with van der Waals surface area (Å²) in [5, 5.41) is 10.4. The summed E-state index contributed by atoms with van der Waals surface area (Å²) in [4.78, 5) is 0. The third-order valence-corrected chi connectivity index (χ3v) is 4.16. The summed E-state index contributed by atoms with van der Waals surface area (Å²) in [5.74, 6) is 0.793. The normalized spacial score (nSPS) is 25.9. The van der Waals surface area contributed by atoms with Crippen molar-refractivity contribution >= 4 is 0 Å². The molecular formula is C16H23FO. The molecule has 0 amide bonds. The van der Waals surface area contributed by atoms with Crippen LogP contribution in [0, 0.1) is 17.7 Å². The summed E-state index contributed by atoms with van der Waals surface area (Å²) >= 11 is 0.